The van der Waals surface area contributed by atoms with Crippen LogP contribution in [0.4, 0.5) is 0 Å². The topological polar surface area (TPSA) is 71.6 Å². The Balaban J connectivity index is 1.44. The molecule has 7 heteroatoms. The van der Waals surface area contributed by atoms with E-state index in [1.165, 1.54) is 27.5 Å². The number of amides is 1. The molecule has 3 aromatic rings. The molecule has 1 unspecified atom stereocenters. The minimum atomic E-state index is -0.306. The number of benzene rings is 1. The van der Waals surface area contributed by atoms with Crippen LogP contribution in [0.25, 0.3) is 5.65 Å². The number of carbonyl (C=O) groups is 1. The first-order chi connectivity index (χ1) is 13.2. The minimum Gasteiger partial charge on any atom is -0.353 e. The van der Waals surface area contributed by atoms with Crippen molar-refractivity contribution < 1.29 is 4.79 Å². The third-order valence-electron chi connectivity index (χ3n) is 5.04. The third kappa shape index (κ3) is 3.78. The molecule has 0 aliphatic carbocycles. The number of hydrogen-bond donors (Lipinski definition) is 1. The monoisotopic (exact) mass is 365 g/mol. The van der Waals surface area contributed by atoms with Crippen molar-refractivity contribution >= 4 is 11.6 Å². The smallest absolute Gasteiger partial charge is 0.350 e. The van der Waals surface area contributed by atoms with E-state index in [1.807, 2.05) is 24.3 Å². The van der Waals surface area contributed by atoms with E-state index in [9.17, 15) is 9.59 Å². The molecular weight excluding hydrogens is 342 g/mol. The summed E-state index contributed by atoms with van der Waals surface area (Å²) in [5.74, 6) is -0.208. The van der Waals surface area contributed by atoms with Gasteiger partial charge in [0.1, 0.15) is 6.54 Å². The number of hydrogen-bond acceptors (Lipinski definition) is 4. The molecule has 0 spiro atoms. The molecule has 1 atom stereocenters. The van der Waals surface area contributed by atoms with Crippen LogP contribution in [0.5, 0.6) is 0 Å². The van der Waals surface area contributed by atoms with Gasteiger partial charge in [-0.25, -0.2) is 9.48 Å². The van der Waals surface area contributed by atoms with Gasteiger partial charge in [-0.15, -0.1) is 5.10 Å². The number of aromatic nitrogens is 3. The highest BCUT2D eigenvalue weighted by atomic mass is 16.2. The second kappa shape index (κ2) is 7.75. The van der Waals surface area contributed by atoms with E-state index < -0.39 is 0 Å². The maximum atomic E-state index is 12.5. The van der Waals surface area contributed by atoms with Crippen molar-refractivity contribution in [3.05, 3.63) is 70.8 Å². The van der Waals surface area contributed by atoms with Gasteiger partial charge in [-0.1, -0.05) is 36.4 Å². The van der Waals surface area contributed by atoms with Gasteiger partial charge >= 0.3 is 5.69 Å². The first-order valence-corrected chi connectivity index (χ1v) is 9.32. The molecule has 1 aliphatic rings. The molecule has 0 bridgehead atoms. The van der Waals surface area contributed by atoms with Gasteiger partial charge in [-0.3, -0.25) is 14.1 Å². The average Bonchev–Trinajstić information content (AvgIpc) is 3.32. The lowest BCUT2D eigenvalue weighted by atomic mass is 10.1. The molecule has 4 rings (SSSR count). The van der Waals surface area contributed by atoms with Gasteiger partial charge in [0.25, 0.3) is 0 Å². The van der Waals surface area contributed by atoms with Crippen molar-refractivity contribution in [3.8, 4) is 0 Å². The molecule has 1 aliphatic heterocycles. The van der Waals surface area contributed by atoms with Crippen LogP contribution in [-0.4, -0.2) is 44.6 Å². The second-order valence-corrected chi connectivity index (χ2v) is 6.84. The lowest BCUT2D eigenvalue weighted by molar-refractivity contribution is -0.122. The number of likely N-dealkylation sites (tertiary alicyclic amines) is 1. The van der Waals surface area contributed by atoms with Crippen LogP contribution in [0.1, 0.15) is 24.4 Å². The molecule has 1 amide bonds. The molecular formula is C20H23N5O2. The predicted octanol–water partition coefficient (Wildman–Crippen LogP) is 1.45. The summed E-state index contributed by atoms with van der Waals surface area (Å²) in [5.41, 5.74) is 1.43. The van der Waals surface area contributed by atoms with Crippen LogP contribution in [0.3, 0.4) is 0 Å². The van der Waals surface area contributed by atoms with Gasteiger partial charge in [-0.05, 0) is 43.6 Å². The lowest BCUT2D eigenvalue weighted by Gasteiger charge is -2.28. The standard InChI is InChI=1S/C20H23N5O2/c26-19(15-25-20(27)24-13-5-4-10-18(24)22-25)21-14-17(23-11-6-7-12-23)16-8-2-1-3-9-16/h1-5,8-10,13,17H,6-7,11-12,14-15H2,(H,21,26). The molecule has 2 aromatic heterocycles. The zero-order valence-corrected chi connectivity index (χ0v) is 15.1. The van der Waals surface area contributed by atoms with Crippen molar-refractivity contribution in [3.63, 3.8) is 0 Å². The normalized spacial score (nSPS) is 15.9. The van der Waals surface area contributed by atoms with E-state index >= 15 is 0 Å². The van der Waals surface area contributed by atoms with Gasteiger partial charge < -0.3 is 5.32 Å². The number of rotatable bonds is 6. The largest absolute Gasteiger partial charge is 0.353 e. The number of fused-ring (bicyclic) bond motifs is 1. The molecule has 7 nitrogen and oxygen atoms in total. The highest BCUT2D eigenvalue weighted by molar-refractivity contribution is 5.75. The molecule has 1 saturated heterocycles. The Kier molecular flexibility index (Phi) is 5.02. The van der Waals surface area contributed by atoms with E-state index in [1.54, 1.807) is 18.3 Å². The molecule has 3 heterocycles. The highest BCUT2D eigenvalue weighted by Gasteiger charge is 2.24. The van der Waals surface area contributed by atoms with Crippen LogP contribution < -0.4 is 11.0 Å². The quantitative estimate of drug-likeness (QED) is 0.718. The van der Waals surface area contributed by atoms with E-state index in [0.29, 0.717) is 12.2 Å². The van der Waals surface area contributed by atoms with E-state index in [-0.39, 0.29) is 24.2 Å². The molecule has 27 heavy (non-hydrogen) atoms. The molecule has 0 saturated carbocycles. The average molecular weight is 365 g/mol. The molecule has 140 valence electrons. The summed E-state index contributed by atoms with van der Waals surface area (Å²) in [5, 5.41) is 7.20. The maximum Gasteiger partial charge on any atom is 0.350 e. The maximum absolute atomic E-state index is 12.5. The van der Waals surface area contributed by atoms with Gasteiger partial charge in [0.15, 0.2) is 5.65 Å². The lowest BCUT2D eigenvalue weighted by Crippen LogP contribution is -2.39. The SMILES string of the molecule is O=C(Cn1nc2ccccn2c1=O)NCC(c1ccccc1)N1CCCC1. The zero-order valence-electron chi connectivity index (χ0n) is 15.1. The van der Waals surface area contributed by atoms with Gasteiger partial charge in [-0.2, -0.15) is 0 Å². The van der Waals surface area contributed by atoms with E-state index in [2.05, 4.69) is 27.4 Å². The fraction of sp³-hybridized carbons (Fsp3) is 0.350. The minimum absolute atomic E-state index is 0.0813. The molecule has 1 fully saturated rings. The van der Waals surface area contributed by atoms with E-state index in [4.69, 9.17) is 0 Å². The van der Waals surface area contributed by atoms with Gasteiger partial charge in [0, 0.05) is 12.7 Å². The number of pyridine rings is 1. The van der Waals surface area contributed by atoms with Crippen molar-refractivity contribution in [2.24, 2.45) is 0 Å². The van der Waals surface area contributed by atoms with Crippen LogP contribution in [0.2, 0.25) is 0 Å². The molecule has 1 N–H and O–H groups in total. The first-order valence-electron chi connectivity index (χ1n) is 9.32. The van der Waals surface area contributed by atoms with Crippen molar-refractivity contribution in [2.45, 2.75) is 25.4 Å². The Hall–Kier alpha value is -2.93. The summed E-state index contributed by atoms with van der Waals surface area (Å²) in [4.78, 5) is 27.2. The van der Waals surface area contributed by atoms with Crippen LogP contribution in [0.15, 0.2) is 59.5 Å². The summed E-state index contributed by atoms with van der Waals surface area (Å²) in [6.07, 6.45) is 4.03. The van der Waals surface area contributed by atoms with Crippen LogP contribution in [-0.2, 0) is 11.3 Å². The summed E-state index contributed by atoms with van der Waals surface area (Å²) in [6.45, 7) is 2.52. The van der Waals surface area contributed by atoms with Crippen molar-refractivity contribution in [2.75, 3.05) is 19.6 Å². The highest BCUT2D eigenvalue weighted by Crippen LogP contribution is 2.24. The fourth-order valence-corrected chi connectivity index (χ4v) is 3.66. The van der Waals surface area contributed by atoms with Gasteiger partial charge in [0.2, 0.25) is 5.91 Å². The summed E-state index contributed by atoms with van der Waals surface area (Å²) in [7, 11) is 0. The van der Waals surface area contributed by atoms with E-state index in [0.717, 1.165) is 13.1 Å². The number of nitrogens with zero attached hydrogens (tertiary/aromatic N) is 4. The fourth-order valence-electron chi connectivity index (χ4n) is 3.66. The predicted molar refractivity (Wildman–Crippen MR) is 102 cm³/mol. The third-order valence-corrected chi connectivity index (χ3v) is 5.04. The van der Waals surface area contributed by atoms with Crippen molar-refractivity contribution in [1.29, 1.82) is 0 Å². The molecule has 1 aromatic carbocycles. The Labute approximate surface area is 157 Å². The van der Waals surface area contributed by atoms with Gasteiger partial charge in [0.05, 0.1) is 6.04 Å². The summed E-state index contributed by atoms with van der Waals surface area (Å²) < 4.78 is 2.64. The first kappa shape index (κ1) is 17.5. The summed E-state index contributed by atoms with van der Waals surface area (Å²) in [6, 6.07) is 15.7. The van der Waals surface area contributed by atoms with Crippen LogP contribution in [0, 0.1) is 0 Å². The Morgan fingerprint density at radius 2 is 1.81 bits per heavy atom. The summed E-state index contributed by atoms with van der Waals surface area (Å²) >= 11 is 0. The Morgan fingerprint density at radius 3 is 2.56 bits per heavy atom. The molecule has 0 radical (unpaired) electrons. The van der Waals surface area contributed by atoms with Crippen LogP contribution >= 0.6 is 0 Å². The Morgan fingerprint density at radius 1 is 1.07 bits per heavy atom. The Bertz CT molecular complexity index is 973. The number of carbonyl (C=O) groups excluding carboxylic acids is 1. The zero-order chi connectivity index (χ0) is 18.6. The second-order valence-electron chi connectivity index (χ2n) is 6.84. The number of nitrogens with one attached hydrogen (secondary N) is 1. The van der Waals surface area contributed by atoms with Crippen molar-refractivity contribution in [1.82, 2.24) is 24.4 Å².